The summed E-state index contributed by atoms with van der Waals surface area (Å²) in [6.45, 7) is 9.17. The number of hydrogen-bond donors (Lipinski definition) is 1. The third-order valence-corrected chi connectivity index (χ3v) is 6.70. The summed E-state index contributed by atoms with van der Waals surface area (Å²) in [6.07, 6.45) is 3.63. The van der Waals surface area contributed by atoms with Gasteiger partial charge in [0.1, 0.15) is 0 Å². The minimum Gasteiger partial charge on any atom is -0.378 e. The maximum Gasteiger partial charge on any atom is 0.228 e. The molecule has 0 unspecified atom stereocenters. The van der Waals surface area contributed by atoms with Crippen molar-refractivity contribution in [1.29, 1.82) is 0 Å². The number of fused-ring (bicyclic) bond motifs is 2. The second-order valence-corrected chi connectivity index (χ2v) is 8.86. The van der Waals surface area contributed by atoms with Crippen LogP contribution in [0.25, 0.3) is 33.3 Å². The average Bonchev–Trinajstić information content (AvgIpc) is 3.50. The third kappa shape index (κ3) is 4.05. The lowest BCUT2D eigenvalue weighted by Crippen LogP contribution is -2.45. The molecule has 4 aromatic rings. The number of ether oxygens (including phenoxy) is 1. The molecule has 0 aliphatic carbocycles. The Morgan fingerprint density at radius 1 is 1.00 bits per heavy atom. The summed E-state index contributed by atoms with van der Waals surface area (Å²) in [6, 6.07) is 6.23. The first-order valence-corrected chi connectivity index (χ1v) is 11.7. The lowest BCUT2D eigenvalue weighted by Gasteiger charge is -2.32. The number of aromatic nitrogens is 6. The van der Waals surface area contributed by atoms with Crippen LogP contribution in [0.4, 0.5) is 5.95 Å². The topological polar surface area (TPSA) is 91.2 Å². The van der Waals surface area contributed by atoms with E-state index < -0.39 is 0 Å². The van der Waals surface area contributed by atoms with Crippen LogP contribution in [0.3, 0.4) is 0 Å². The Labute approximate surface area is 192 Å². The maximum absolute atomic E-state index is 5.55. The van der Waals surface area contributed by atoms with Crippen molar-refractivity contribution in [1.82, 2.24) is 39.5 Å². The number of imidazole rings is 1. The molecule has 5 heterocycles. The Bertz CT molecular complexity index is 1250. The number of likely N-dealkylation sites (N-methyl/N-ethyl adjacent to an activating group) is 1. The second-order valence-electron chi connectivity index (χ2n) is 8.86. The van der Waals surface area contributed by atoms with E-state index in [0.29, 0.717) is 13.2 Å². The standard InChI is InChI=1S/C23H29N9O/c1-29-4-6-30(7-5-29)8-9-32-22-18(15-26-32)21(17-2-3-19-20(14-17)25-16-24-19)27-23(28-22)31-10-12-33-13-11-31/h2-3,14-16H,4-13H2,1H3,(H,24,25). The van der Waals surface area contributed by atoms with E-state index in [1.807, 2.05) is 10.9 Å². The Hall–Kier alpha value is -3.08. The van der Waals surface area contributed by atoms with E-state index in [1.54, 1.807) is 6.33 Å². The minimum absolute atomic E-state index is 0.693. The van der Waals surface area contributed by atoms with Gasteiger partial charge in [0.15, 0.2) is 5.65 Å². The molecule has 0 spiro atoms. The zero-order valence-electron chi connectivity index (χ0n) is 18.9. The molecule has 3 aromatic heterocycles. The fraction of sp³-hybridized carbons (Fsp3) is 0.478. The van der Waals surface area contributed by atoms with Crippen molar-refractivity contribution in [3.05, 3.63) is 30.7 Å². The van der Waals surface area contributed by atoms with Crippen LogP contribution >= 0.6 is 0 Å². The van der Waals surface area contributed by atoms with E-state index in [9.17, 15) is 0 Å². The van der Waals surface area contributed by atoms with Crippen LogP contribution in [0.15, 0.2) is 30.7 Å². The van der Waals surface area contributed by atoms with Crippen molar-refractivity contribution in [2.24, 2.45) is 0 Å². The van der Waals surface area contributed by atoms with Crippen LogP contribution in [0.2, 0.25) is 0 Å². The van der Waals surface area contributed by atoms with Crippen molar-refractivity contribution >= 4 is 28.0 Å². The fourth-order valence-corrected chi connectivity index (χ4v) is 4.62. The van der Waals surface area contributed by atoms with E-state index >= 15 is 0 Å². The predicted octanol–water partition coefficient (Wildman–Crippen LogP) is 1.45. The lowest BCUT2D eigenvalue weighted by molar-refractivity contribution is 0.122. The molecule has 6 rings (SSSR count). The van der Waals surface area contributed by atoms with Crippen LogP contribution in [0.5, 0.6) is 0 Å². The van der Waals surface area contributed by atoms with E-state index in [1.165, 1.54) is 0 Å². The first-order valence-electron chi connectivity index (χ1n) is 11.7. The molecule has 2 aliphatic rings. The molecular formula is C23H29N9O. The molecule has 10 nitrogen and oxygen atoms in total. The molecule has 1 N–H and O–H groups in total. The number of morpholine rings is 1. The number of aromatic amines is 1. The number of anilines is 1. The van der Waals surface area contributed by atoms with Gasteiger partial charge in [0, 0.05) is 51.4 Å². The van der Waals surface area contributed by atoms with Gasteiger partial charge in [0.05, 0.1) is 54.4 Å². The van der Waals surface area contributed by atoms with Crippen LogP contribution in [-0.4, -0.2) is 106 Å². The van der Waals surface area contributed by atoms with Gasteiger partial charge in [0.2, 0.25) is 5.95 Å². The van der Waals surface area contributed by atoms with Crippen molar-refractivity contribution in [3.63, 3.8) is 0 Å². The molecule has 2 fully saturated rings. The molecule has 0 saturated carbocycles. The lowest BCUT2D eigenvalue weighted by atomic mass is 10.1. The van der Waals surface area contributed by atoms with Crippen LogP contribution in [0, 0.1) is 0 Å². The number of hydrogen-bond acceptors (Lipinski definition) is 8. The maximum atomic E-state index is 5.55. The number of nitrogens with zero attached hydrogens (tertiary/aromatic N) is 8. The van der Waals surface area contributed by atoms with Gasteiger partial charge in [0.25, 0.3) is 0 Å². The predicted molar refractivity (Wildman–Crippen MR) is 127 cm³/mol. The number of nitrogens with one attached hydrogen (secondary N) is 1. The number of piperazine rings is 1. The van der Waals surface area contributed by atoms with Gasteiger partial charge in [-0.2, -0.15) is 10.1 Å². The summed E-state index contributed by atoms with van der Waals surface area (Å²) in [4.78, 5) is 24.7. The van der Waals surface area contributed by atoms with Crippen molar-refractivity contribution in [2.45, 2.75) is 6.54 Å². The van der Waals surface area contributed by atoms with Crippen molar-refractivity contribution in [2.75, 3.05) is 71.0 Å². The third-order valence-electron chi connectivity index (χ3n) is 6.70. The zero-order chi connectivity index (χ0) is 22.2. The van der Waals surface area contributed by atoms with E-state index in [2.05, 4.69) is 49.9 Å². The van der Waals surface area contributed by atoms with E-state index in [0.717, 1.165) is 91.6 Å². The van der Waals surface area contributed by atoms with Gasteiger partial charge in [-0.05, 0) is 19.2 Å². The Kier molecular flexibility index (Phi) is 5.41. The molecule has 0 radical (unpaired) electrons. The van der Waals surface area contributed by atoms with E-state index in [4.69, 9.17) is 19.8 Å². The quantitative estimate of drug-likeness (QED) is 0.492. The van der Waals surface area contributed by atoms with Crippen molar-refractivity contribution < 1.29 is 4.74 Å². The van der Waals surface area contributed by atoms with Gasteiger partial charge in [-0.25, -0.2) is 14.6 Å². The average molecular weight is 448 g/mol. The fourth-order valence-electron chi connectivity index (χ4n) is 4.62. The molecule has 1 aromatic carbocycles. The Morgan fingerprint density at radius 3 is 2.70 bits per heavy atom. The number of rotatable bonds is 5. The van der Waals surface area contributed by atoms with Crippen LogP contribution in [-0.2, 0) is 11.3 Å². The van der Waals surface area contributed by atoms with Gasteiger partial charge in [-0.1, -0.05) is 6.07 Å². The highest BCUT2D eigenvalue weighted by Gasteiger charge is 2.21. The smallest absolute Gasteiger partial charge is 0.228 e. The van der Waals surface area contributed by atoms with Gasteiger partial charge in [-0.15, -0.1) is 0 Å². The zero-order valence-corrected chi connectivity index (χ0v) is 18.9. The van der Waals surface area contributed by atoms with E-state index in [-0.39, 0.29) is 0 Å². The summed E-state index contributed by atoms with van der Waals surface area (Å²) in [5, 5.41) is 5.70. The first kappa shape index (κ1) is 20.5. The number of benzene rings is 1. The van der Waals surface area contributed by atoms with Gasteiger partial charge < -0.3 is 19.5 Å². The van der Waals surface area contributed by atoms with Crippen LogP contribution < -0.4 is 4.90 Å². The highest BCUT2D eigenvalue weighted by Crippen LogP contribution is 2.30. The van der Waals surface area contributed by atoms with Crippen molar-refractivity contribution in [3.8, 4) is 11.3 Å². The molecule has 33 heavy (non-hydrogen) atoms. The number of H-pyrrole nitrogens is 1. The van der Waals surface area contributed by atoms with Gasteiger partial charge >= 0.3 is 0 Å². The molecule has 172 valence electrons. The summed E-state index contributed by atoms with van der Waals surface area (Å²) in [7, 11) is 2.18. The molecular weight excluding hydrogens is 418 g/mol. The molecule has 2 saturated heterocycles. The summed E-state index contributed by atoms with van der Waals surface area (Å²) in [5.41, 5.74) is 4.75. The molecule has 0 atom stereocenters. The minimum atomic E-state index is 0.693. The summed E-state index contributed by atoms with van der Waals surface area (Å²) in [5.74, 6) is 0.740. The monoisotopic (exact) mass is 447 g/mol. The SMILES string of the molecule is CN1CCN(CCn2ncc3c(-c4ccc5[nH]cnc5c4)nc(N4CCOCC4)nc32)CC1. The molecule has 0 bridgehead atoms. The molecule has 2 aliphatic heterocycles. The van der Waals surface area contributed by atoms with Crippen LogP contribution in [0.1, 0.15) is 0 Å². The first-order chi connectivity index (χ1) is 16.2. The summed E-state index contributed by atoms with van der Waals surface area (Å²) < 4.78 is 7.59. The Morgan fingerprint density at radius 2 is 1.85 bits per heavy atom. The second kappa shape index (κ2) is 8.69. The molecule has 0 amide bonds. The highest BCUT2D eigenvalue weighted by molar-refractivity contribution is 5.93. The normalized spacial score (nSPS) is 18.5. The highest BCUT2D eigenvalue weighted by atomic mass is 16.5. The Balaban J connectivity index is 1.38. The summed E-state index contributed by atoms with van der Waals surface area (Å²) >= 11 is 0. The molecule has 10 heteroatoms. The largest absolute Gasteiger partial charge is 0.378 e. The van der Waals surface area contributed by atoms with Gasteiger partial charge in [-0.3, -0.25) is 4.90 Å².